The van der Waals surface area contributed by atoms with Crippen molar-refractivity contribution in [2.45, 2.75) is 19.4 Å². The Morgan fingerprint density at radius 3 is 2.75 bits per heavy atom. The molecule has 1 rings (SSSR count). The highest BCUT2D eigenvalue weighted by molar-refractivity contribution is 9.10. The van der Waals surface area contributed by atoms with Crippen molar-refractivity contribution in [2.24, 2.45) is 11.5 Å². The molecular weight excluding hydrogens is 270 g/mol. The molecular formula is C11H16BrN3O. The van der Waals surface area contributed by atoms with Gasteiger partial charge in [-0.25, -0.2) is 0 Å². The number of benzene rings is 1. The Bertz CT molecular complexity index is 381. The van der Waals surface area contributed by atoms with E-state index in [1.165, 1.54) is 0 Å². The molecule has 88 valence electrons. The Kier molecular flexibility index (Phi) is 4.76. The zero-order chi connectivity index (χ0) is 12.1. The molecule has 0 saturated heterocycles. The minimum absolute atomic E-state index is 0.128. The van der Waals surface area contributed by atoms with E-state index in [1.54, 1.807) is 12.1 Å². The lowest BCUT2D eigenvalue weighted by molar-refractivity contribution is 0.100. The van der Waals surface area contributed by atoms with E-state index in [9.17, 15) is 4.79 Å². The molecule has 0 saturated carbocycles. The fourth-order valence-electron chi connectivity index (χ4n) is 1.20. The van der Waals surface area contributed by atoms with Crippen LogP contribution in [0.25, 0.3) is 0 Å². The molecule has 16 heavy (non-hydrogen) atoms. The Labute approximate surface area is 104 Å². The lowest BCUT2D eigenvalue weighted by Gasteiger charge is -2.13. The van der Waals surface area contributed by atoms with Gasteiger partial charge in [-0.1, -0.05) is 6.92 Å². The van der Waals surface area contributed by atoms with Gasteiger partial charge in [0.2, 0.25) is 5.91 Å². The first-order valence-electron chi connectivity index (χ1n) is 5.13. The SMILES string of the molecule is CCC(N)CNc1ccc(C(N)=O)cc1Br. The number of halogens is 1. The van der Waals surface area contributed by atoms with Crippen molar-refractivity contribution in [2.75, 3.05) is 11.9 Å². The van der Waals surface area contributed by atoms with Crippen LogP contribution in [0.4, 0.5) is 5.69 Å². The second-order valence-corrected chi connectivity index (χ2v) is 4.46. The van der Waals surface area contributed by atoms with Crippen molar-refractivity contribution >= 4 is 27.5 Å². The van der Waals surface area contributed by atoms with Crippen LogP contribution < -0.4 is 16.8 Å². The summed E-state index contributed by atoms with van der Waals surface area (Å²) in [6, 6.07) is 5.32. The van der Waals surface area contributed by atoms with Gasteiger partial charge in [0.15, 0.2) is 0 Å². The number of nitrogens with two attached hydrogens (primary N) is 2. The number of nitrogens with one attached hydrogen (secondary N) is 1. The first-order valence-corrected chi connectivity index (χ1v) is 5.92. The molecule has 0 aliphatic rings. The van der Waals surface area contributed by atoms with Gasteiger partial charge in [0, 0.05) is 28.3 Å². The fourth-order valence-corrected chi connectivity index (χ4v) is 1.72. The maximum Gasteiger partial charge on any atom is 0.248 e. The Balaban J connectivity index is 2.72. The van der Waals surface area contributed by atoms with E-state index in [0.29, 0.717) is 12.1 Å². The summed E-state index contributed by atoms with van der Waals surface area (Å²) in [5.41, 5.74) is 12.4. The number of carbonyl (C=O) groups excluding carboxylic acids is 1. The van der Waals surface area contributed by atoms with Crippen LogP contribution in [-0.2, 0) is 0 Å². The zero-order valence-electron chi connectivity index (χ0n) is 9.16. The van der Waals surface area contributed by atoms with Gasteiger partial charge in [-0.05, 0) is 40.5 Å². The predicted molar refractivity (Wildman–Crippen MR) is 69.4 cm³/mol. The van der Waals surface area contributed by atoms with Gasteiger partial charge in [0.05, 0.1) is 0 Å². The summed E-state index contributed by atoms with van der Waals surface area (Å²) >= 11 is 3.38. The second kappa shape index (κ2) is 5.86. The molecule has 0 bridgehead atoms. The number of hydrogen-bond donors (Lipinski definition) is 3. The average Bonchev–Trinajstić information content (AvgIpc) is 2.26. The molecule has 0 aliphatic heterocycles. The monoisotopic (exact) mass is 285 g/mol. The molecule has 4 nitrogen and oxygen atoms in total. The highest BCUT2D eigenvalue weighted by Gasteiger charge is 2.06. The topological polar surface area (TPSA) is 81.1 Å². The largest absolute Gasteiger partial charge is 0.383 e. The van der Waals surface area contributed by atoms with Crippen LogP contribution in [-0.4, -0.2) is 18.5 Å². The van der Waals surface area contributed by atoms with Crippen LogP contribution in [0.15, 0.2) is 22.7 Å². The van der Waals surface area contributed by atoms with Gasteiger partial charge in [0.25, 0.3) is 0 Å². The Morgan fingerprint density at radius 1 is 1.56 bits per heavy atom. The number of anilines is 1. The summed E-state index contributed by atoms with van der Waals surface area (Å²) in [5, 5.41) is 3.21. The molecule has 1 aromatic rings. The minimum Gasteiger partial charge on any atom is -0.383 e. The highest BCUT2D eigenvalue weighted by Crippen LogP contribution is 2.23. The Hall–Kier alpha value is -1.07. The quantitative estimate of drug-likeness (QED) is 0.770. The summed E-state index contributed by atoms with van der Waals surface area (Å²) in [4.78, 5) is 10.9. The molecule has 1 amide bonds. The van der Waals surface area contributed by atoms with Crippen molar-refractivity contribution in [3.8, 4) is 0 Å². The van der Waals surface area contributed by atoms with Gasteiger partial charge in [-0.2, -0.15) is 0 Å². The molecule has 1 unspecified atom stereocenters. The molecule has 0 fully saturated rings. The summed E-state index contributed by atoms with van der Waals surface area (Å²) in [7, 11) is 0. The van der Waals surface area contributed by atoms with E-state index >= 15 is 0 Å². The van der Waals surface area contributed by atoms with Crippen molar-refractivity contribution < 1.29 is 4.79 Å². The molecule has 5 heteroatoms. The van der Waals surface area contributed by atoms with Crippen molar-refractivity contribution in [3.05, 3.63) is 28.2 Å². The van der Waals surface area contributed by atoms with Gasteiger partial charge in [0.1, 0.15) is 0 Å². The lowest BCUT2D eigenvalue weighted by Crippen LogP contribution is -2.28. The average molecular weight is 286 g/mol. The van der Waals surface area contributed by atoms with Crippen molar-refractivity contribution in [1.82, 2.24) is 0 Å². The number of primary amides is 1. The molecule has 0 heterocycles. The van der Waals surface area contributed by atoms with Gasteiger partial charge < -0.3 is 16.8 Å². The number of carbonyl (C=O) groups is 1. The van der Waals surface area contributed by atoms with Crippen LogP contribution in [0.3, 0.4) is 0 Å². The lowest BCUT2D eigenvalue weighted by atomic mass is 10.2. The molecule has 0 radical (unpaired) electrons. The van der Waals surface area contributed by atoms with Crippen LogP contribution in [0.2, 0.25) is 0 Å². The van der Waals surface area contributed by atoms with Gasteiger partial charge in [-0.3, -0.25) is 4.79 Å². The molecule has 1 atom stereocenters. The maximum atomic E-state index is 10.9. The van der Waals surface area contributed by atoms with E-state index in [0.717, 1.165) is 16.6 Å². The standard InChI is InChI=1S/C11H16BrN3O/c1-2-8(13)6-15-10-4-3-7(11(14)16)5-9(10)12/h3-5,8,15H,2,6,13H2,1H3,(H2,14,16). The van der Waals surface area contributed by atoms with Crippen LogP contribution in [0.5, 0.6) is 0 Å². The van der Waals surface area contributed by atoms with Crippen molar-refractivity contribution in [1.29, 1.82) is 0 Å². The number of amides is 1. The van der Waals surface area contributed by atoms with Crippen LogP contribution in [0.1, 0.15) is 23.7 Å². The molecule has 1 aromatic carbocycles. The second-order valence-electron chi connectivity index (χ2n) is 3.61. The summed E-state index contributed by atoms with van der Waals surface area (Å²) in [6.07, 6.45) is 0.921. The first kappa shape index (κ1) is 13.0. The van der Waals surface area contributed by atoms with Gasteiger partial charge >= 0.3 is 0 Å². The summed E-state index contributed by atoms with van der Waals surface area (Å²) < 4.78 is 0.812. The normalized spacial score (nSPS) is 12.2. The number of hydrogen-bond acceptors (Lipinski definition) is 3. The third-order valence-corrected chi connectivity index (χ3v) is 2.99. The van der Waals surface area contributed by atoms with Crippen LogP contribution >= 0.6 is 15.9 Å². The summed E-state index contributed by atoms with van der Waals surface area (Å²) in [5.74, 6) is -0.433. The van der Waals surface area contributed by atoms with E-state index in [4.69, 9.17) is 11.5 Å². The highest BCUT2D eigenvalue weighted by atomic mass is 79.9. The minimum atomic E-state index is -0.433. The molecule has 0 aliphatic carbocycles. The third kappa shape index (κ3) is 3.50. The third-order valence-electron chi connectivity index (χ3n) is 2.33. The zero-order valence-corrected chi connectivity index (χ0v) is 10.8. The predicted octanol–water partition coefficient (Wildman–Crippen LogP) is 1.70. The van der Waals surface area contributed by atoms with E-state index in [2.05, 4.69) is 21.2 Å². The molecule has 0 aromatic heterocycles. The smallest absolute Gasteiger partial charge is 0.248 e. The fraction of sp³-hybridized carbons (Fsp3) is 0.364. The number of rotatable bonds is 5. The van der Waals surface area contributed by atoms with E-state index in [-0.39, 0.29) is 6.04 Å². The summed E-state index contributed by atoms with van der Waals surface area (Å²) in [6.45, 7) is 2.74. The van der Waals surface area contributed by atoms with Gasteiger partial charge in [-0.15, -0.1) is 0 Å². The Morgan fingerprint density at radius 2 is 2.25 bits per heavy atom. The first-order chi connectivity index (χ1) is 7.54. The molecule has 0 spiro atoms. The van der Waals surface area contributed by atoms with Crippen molar-refractivity contribution in [3.63, 3.8) is 0 Å². The maximum absolute atomic E-state index is 10.9. The van der Waals surface area contributed by atoms with E-state index in [1.807, 2.05) is 13.0 Å². The molecule has 5 N–H and O–H groups in total. The van der Waals surface area contributed by atoms with Crippen LogP contribution in [0, 0.1) is 0 Å². The van der Waals surface area contributed by atoms with E-state index < -0.39 is 5.91 Å².